The van der Waals surface area contributed by atoms with Crippen molar-refractivity contribution in [1.29, 1.82) is 0 Å². The molecule has 2 aliphatic carbocycles. The number of imidazole rings is 1. The molecule has 2 saturated carbocycles. The van der Waals surface area contributed by atoms with E-state index in [1.807, 2.05) is 6.33 Å². The van der Waals surface area contributed by atoms with Crippen molar-refractivity contribution in [3.63, 3.8) is 0 Å². The molecule has 8 nitrogen and oxygen atoms in total. The zero-order valence-corrected chi connectivity index (χ0v) is 23.4. The lowest BCUT2D eigenvalue weighted by atomic mass is 9.88. The summed E-state index contributed by atoms with van der Waals surface area (Å²) in [5.41, 5.74) is 13.1. The van der Waals surface area contributed by atoms with Gasteiger partial charge < -0.3 is 21.0 Å². The van der Waals surface area contributed by atoms with Gasteiger partial charge in [-0.25, -0.2) is 9.99 Å². The van der Waals surface area contributed by atoms with E-state index in [0.29, 0.717) is 30.0 Å². The molecule has 2 aromatic heterocycles. The first-order valence-electron chi connectivity index (χ1n) is 15.4. The fourth-order valence-corrected chi connectivity index (χ4v) is 7.13. The molecule has 0 atom stereocenters. The van der Waals surface area contributed by atoms with Crippen LogP contribution in [-0.2, 0) is 6.42 Å². The maximum Gasteiger partial charge on any atom is 0.227 e. The van der Waals surface area contributed by atoms with Gasteiger partial charge in [-0.05, 0) is 80.0 Å². The lowest BCUT2D eigenvalue weighted by Gasteiger charge is -2.33. The van der Waals surface area contributed by atoms with Crippen molar-refractivity contribution in [3.8, 4) is 0 Å². The molecular weight excluding hydrogens is 496 g/mol. The van der Waals surface area contributed by atoms with E-state index in [4.69, 9.17) is 20.7 Å². The van der Waals surface area contributed by atoms with Crippen LogP contribution in [-0.4, -0.2) is 49.7 Å². The zero-order valence-electron chi connectivity index (χ0n) is 23.4. The quantitative estimate of drug-likeness (QED) is 0.263. The third-order valence-electron chi connectivity index (χ3n) is 9.51. The van der Waals surface area contributed by atoms with Crippen LogP contribution in [0.5, 0.6) is 0 Å². The fourth-order valence-electron chi connectivity index (χ4n) is 7.13. The molecule has 2 aromatic carbocycles. The number of nitrogens with one attached hydrogen (secondary N) is 2. The molecule has 4 aromatic rings. The number of hydrogen-bond donors (Lipinski definition) is 3. The first-order valence-corrected chi connectivity index (χ1v) is 15.4. The fraction of sp³-hybridized carbons (Fsp3) is 0.531. The van der Waals surface area contributed by atoms with E-state index in [9.17, 15) is 0 Å². The van der Waals surface area contributed by atoms with E-state index in [2.05, 4.69) is 62.8 Å². The monoisotopic (exact) mass is 538 g/mol. The SMILES string of the molecule is NC1CCC(Nc2nc(NN3CCC(Cc4cccc5ccccc45)CC3)c3ncn(C4CCCC4)c3n2)CC1. The average Bonchev–Trinajstić information content (AvgIpc) is 3.66. The smallest absolute Gasteiger partial charge is 0.227 e. The Hall–Kier alpha value is -3.23. The molecule has 0 bridgehead atoms. The second kappa shape index (κ2) is 11.3. The van der Waals surface area contributed by atoms with Crippen molar-refractivity contribution in [2.45, 2.75) is 88.8 Å². The summed E-state index contributed by atoms with van der Waals surface area (Å²) in [5.74, 6) is 2.22. The predicted molar refractivity (Wildman–Crippen MR) is 162 cm³/mol. The van der Waals surface area contributed by atoms with Crippen molar-refractivity contribution in [1.82, 2.24) is 24.5 Å². The summed E-state index contributed by atoms with van der Waals surface area (Å²) in [5, 5.41) is 8.72. The van der Waals surface area contributed by atoms with Crippen LogP contribution in [0, 0.1) is 5.92 Å². The number of fused-ring (bicyclic) bond motifs is 2. The van der Waals surface area contributed by atoms with Gasteiger partial charge in [-0.3, -0.25) is 0 Å². The molecule has 40 heavy (non-hydrogen) atoms. The van der Waals surface area contributed by atoms with Gasteiger partial charge in [-0.15, -0.1) is 0 Å². The van der Waals surface area contributed by atoms with Crippen molar-refractivity contribution < 1.29 is 0 Å². The first-order chi connectivity index (χ1) is 19.7. The van der Waals surface area contributed by atoms with E-state index in [0.717, 1.165) is 75.0 Å². The van der Waals surface area contributed by atoms with E-state index in [-0.39, 0.29) is 0 Å². The molecule has 8 heteroatoms. The zero-order chi connectivity index (χ0) is 26.9. The Bertz CT molecular complexity index is 1440. The lowest BCUT2D eigenvalue weighted by Crippen LogP contribution is -2.39. The Balaban J connectivity index is 1.07. The largest absolute Gasteiger partial charge is 0.351 e. The van der Waals surface area contributed by atoms with E-state index in [1.54, 1.807) is 0 Å². The van der Waals surface area contributed by atoms with E-state index in [1.165, 1.54) is 42.0 Å². The standard InChI is InChI=1S/C32H42N8/c33-25-12-14-26(15-13-25)35-32-36-30(29-31(37-32)40(21-34-29)27-9-2-3-10-27)38-39-18-16-22(17-19-39)20-24-8-5-7-23-6-1-4-11-28(23)24/h1,4-8,11,21-22,25-27H,2-3,9-10,12-20,33H2,(H2,35,36,37,38). The third kappa shape index (κ3) is 5.39. The van der Waals surface area contributed by atoms with Crippen LogP contribution in [0.2, 0.25) is 0 Å². The summed E-state index contributed by atoms with van der Waals surface area (Å²) >= 11 is 0. The summed E-state index contributed by atoms with van der Waals surface area (Å²) in [6.45, 7) is 1.99. The molecule has 7 rings (SSSR count). The van der Waals surface area contributed by atoms with Crippen LogP contribution in [0.15, 0.2) is 48.8 Å². The highest BCUT2D eigenvalue weighted by atomic mass is 15.5. The minimum atomic E-state index is 0.325. The molecular formula is C32H42N8. The van der Waals surface area contributed by atoms with Gasteiger partial charge in [0.05, 0.1) is 6.33 Å². The molecule has 1 saturated heterocycles. The number of hydrogen-bond acceptors (Lipinski definition) is 7. The molecule has 1 aliphatic heterocycles. The van der Waals surface area contributed by atoms with Gasteiger partial charge in [0.2, 0.25) is 5.95 Å². The average molecular weight is 539 g/mol. The van der Waals surface area contributed by atoms with Gasteiger partial charge in [0.25, 0.3) is 0 Å². The Labute approximate surface area is 236 Å². The lowest BCUT2D eigenvalue weighted by molar-refractivity contribution is 0.216. The molecule has 0 spiro atoms. The van der Waals surface area contributed by atoms with E-state index >= 15 is 0 Å². The number of piperidine rings is 1. The van der Waals surface area contributed by atoms with Crippen molar-refractivity contribution in [2.24, 2.45) is 11.7 Å². The topological polar surface area (TPSA) is 96.9 Å². The maximum absolute atomic E-state index is 6.16. The number of nitrogens with two attached hydrogens (primary N) is 1. The van der Waals surface area contributed by atoms with Gasteiger partial charge >= 0.3 is 0 Å². The van der Waals surface area contributed by atoms with E-state index < -0.39 is 0 Å². The van der Waals surface area contributed by atoms with Crippen LogP contribution < -0.4 is 16.5 Å². The summed E-state index contributed by atoms with van der Waals surface area (Å²) in [6.07, 6.45) is 14.6. The minimum Gasteiger partial charge on any atom is -0.351 e. The van der Waals surface area contributed by atoms with Gasteiger partial charge in [0, 0.05) is 31.2 Å². The highest BCUT2D eigenvalue weighted by Gasteiger charge is 2.26. The maximum atomic E-state index is 6.16. The molecule has 3 heterocycles. The Morgan fingerprint density at radius 2 is 1.62 bits per heavy atom. The van der Waals surface area contributed by atoms with Gasteiger partial charge in [-0.1, -0.05) is 55.3 Å². The third-order valence-corrected chi connectivity index (χ3v) is 9.51. The van der Waals surface area contributed by atoms with Crippen LogP contribution in [0.3, 0.4) is 0 Å². The molecule has 4 N–H and O–H groups in total. The Morgan fingerprint density at radius 3 is 2.45 bits per heavy atom. The molecule has 3 aliphatic rings. The van der Waals surface area contributed by atoms with Crippen LogP contribution in [0.4, 0.5) is 11.8 Å². The number of benzene rings is 2. The summed E-state index contributed by atoms with van der Waals surface area (Å²) in [4.78, 5) is 14.8. The first kappa shape index (κ1) is 25.7. The summed E-state index contributed by atoms with van der Waals surface area (Å²) < 4.78 is 2.30. The molecule has 0 amide bonds. The van der Waals surface area contributed by atoms with Crippen LogP contribution in [0.1, 0.15) is 75.8 Å². The highest BCUT2D eigenvalue weighted by molar-refractivity contribution is 5.86. The predicted octanol–water partition coefficient (Wildman–Crippen LogP) is 6.06. The number of anilines is 2. The minimum absolute atomic E-state index is 0.325. The molecule has 3 fully saturated rings. The van der Waals surface area contributed by atoms with Gasteiger partial charge in [0.15, 0.2) is 17.0 Å². The number of rotatable bonds is 7. The van der Waals surface area contributed by atoms with Gasteiger partial charge in [-0.2, -0.15) is 9.97 Å². The number of nitrogens with zero attached hydrogens (tertiary/aromatic N) is 5. The van der Waals surface area contributed by atoms with Crippen LogP contribution in [0.25, 0.3) is 21.9 Å². The highest BCUT2D eigenvalue weighted by Crippen LogP contribution is 2.34. The summed E-state index contributed by atoms with van der Waals surface area (Å²) in [7, 11) is 0. The normalized spacial score (nSPS) is 23.2. The molecule has 0 radical (unpaired) electrons. The molecule has 0 unspecified atom stereocenters. The Kier molecular flexibility index (Phi) is 7.29. The second-order valence-electron chi connectivity index (χ2n) is 12.3. The van der Waals surface area contributed by atoms with Gasteiger partial charge in [0.1, 0.15) is 0 Å². The van der Waals surface area contributed by atoms with Crippen LogP contribution >= 0.6 is 0 Å². The van der Waals surface area contributed by atoms with Crippen molar-refractivity contribution >= 4 is 33.7 Å². The van der Waals surface area contributed by atoms with Crippen molar-refractivity contribution in [2.75, 3.05) is 23.8 Å². The Morgan fingerprint density at radius 1 is 0.850 bits per heavy atom. The molecule has 210 valence electrons. The number of aromatic nitrogens is 4. The van der Waals surface area contributed by atoms with Crippen molar-refractivity contribution in [3.05, 3.63) is 54.4 Å². The summed E-state index contributed by atoms with van der Waals surface area (Å²) in [6, 6.07) is 16.7. The second-order valence-corrected chi connectivity index (χ2v) is 12.3. The number of hydrazine groups is 1.